The first-order chi connectivity index (χ1) is 14.5. The number of likely N-dealkylation sites (tertiary alicyclic amines) is 2. The van der Waals surface area contributed by atoms with Gasteiger partial charge in [0, 0.05) is 38.4 Å². The standard InChI is InChI=1S/C21H29N5O4/c1-13(24-21(29)22-2)19(27)25-11-16-10-15(25)12-26(16)20(28)14-3-4-18(9-14)30-17-5-7-23-8-6-17/h5-8,13-16,18H,3-4,9-12H2,1-2H3,(H2,22,24,29)/t13-,14+,15-,16-,18+/m0/s1. The van der Waals surface area contributed by atoms with Gasteiger partial charge >= 0.3 is 6.03 Å². The van der Waals surface area contributed by atoms with Gasteiger partial charge in [0.15, 0.2) is 0 Å². The number of amides is 4. The Morgan fingerprint density at radius 2 is 1.80 bits per heavy atom. The van der Waals surface area contributed by atoms with Gasteiger partial charge in [-0.05, 0) is 44.7 Å². The van der Waals surface area contributed by atoms with Crippen LogP contribution in [0, 0.1) is 5.92 Å². The van der Waals surface area contributed by atoms with Crippen LogP contribution >= 0.6 is 0 Å². The molecular weight excluding hydrogens is 386 g/mol. The van der Waals surface area contributed by atoms with Crippen molar-refractivity contribution in [3.05, 3.63) is 24.5 Å². The van der Waals surface area contributed by atoms with Crippen LogP contribution < -0.4 is 15.4 Å². The van der Waals surface area contributed by atoms with Crippen molar-refractivity contribution in [2.24, 2.45) is 5.92 Å². The number of hydrogen-bond acceptors (Lipinski definition) is 5. The number of pyridine rings is 1. The highest BCUT2D eigenvalue weighted by molar-refractivity contribution is 5.88. The number of nitrogens with one attached hydrogen (secondary N) is 2. The number of ether oxygens (including phenoxy) is 1. The van der Waals surface area contributed by atoms with Gasteiger partial charge in [0.2, 0.25) is 11.8 Å². The molecule has 2 N–H and O–H groups in total. The number of piperazine rings is 1. The third kappa shape index (κ3) is 4.06. The monoisotopic (exact) mass is 415 g/mol. The number of carbonyl (C=O) groups excluding carboxylic acids is 3. The molecule has 1 aromatic heterocycles. The number of fused-ring (bicyclic) bond motifs is 2. The van der Waals surface area contributed by atoms with Crippen molar-refractivity contribution in [1.82, 2.24) is 25.4 Å². The van der Waals surface area contributed by atoms with Gasteiger partial charge < -0.3 is 25.2 Å². The fourth-order valence-electron chi connectivity index (χ4n) is 4.90. The van der Waals surface area contributed by atoms with Crippen molar-refractivity contribution in [3.8, 4) is 5.75 Å². The molecule has 0 radical (unpaired) electrons. The van der Waals surface area contributed by atoms with E-state index in [0.29, 0.717) is 13.1 Å². The Morgan fingerprint density at radius 3 is 2.47 bits per heavy atom. The molecule has 1 saturated carbocycles. The molecule has 0 unspecified atom stereocenters. The maximum absolute atomic E-state index is 13.1. The molecule has 0 aromatic carbocycles. The predicted molar refractivity (Wildman–Crippen MR) is 109 cm³/mol. The minimum absolute atomic E-state index is 0.0193. The summed E-state index contributed by atoms with van der Waals surface area (Å²) >= 11 is 0. The van der Waals surface area contributed by atoms with Crippen LogP contribution in [0.25, 0.3) is 0 Å². The zero-order valence-electron chi connectivity index (χ0n) is 17.4. The van der Waals surface area contributed by atoms with E-state index >= 15 is 0 Å². The summed E-state index contributed by atoms with van der Waals surface area (Å²) in [5.74, 6) is 0.864. The lowest BCUT2D eigenvalue weighted by molar-refractivity contribution is -0.143. The third-order valence-corrected chi connectivity index (χ3v) is 6.44. The van der Waals surface area contributed by atoms with E-state index in [-0.39, 0.29) is 42.0 Å². The van der Waals surface area contributed by atoms with E-state index in [1.54, 1.807) is 19.3 Å². The fraction of sp³-hybridized carbons (Fsp3) is 0.619. The molecule has 3 fully saturated rings. The number of rotatable bonds is 5. The molecule has 3 heterocycles. The number of urea groups is 1. The zero-order valence-corrected chi connectivity index (χ0v) is 17.4. The Balaban J connectivity index is 1.29. The molecule has 2 bridgehead atoms. The fourth-order valence-corrected chi connectivity index (χ4v) is 4.90. The van der Waals surface area contributed by atoms with Gasteiger partial charge in [0.05, 0.1) is 18.2 Å². The molecule has 4 rings (SSSR count). The van der Waals surface area contributed by atoms with Crippen molar-refractivity contribution in [2.45, 2.75) is 56.8 Å². The normalized spacial score (nSPS) is 28.3. The van der Waals surface area contributed by atoms with E-state index in [2.05, 4.69) is 15.6 Å². The van der Waals surface area contributed by atoms with Crippen molar-refractivity contribution in [3.63, 3.8) is 0 Å². The summed E-state index contributed by atoms with van der Waals surface area (Å²) < 4.78 is 5.99. The van der Waals surface area contributed by atoms with Gasteiger partial charge in [-0.1, -0.05) is 0 Å². The van der Waals surface area contributed by atoms with Crippen LogP contribution in [0.1, 0.15) is 32.6 Å². The average molecular weight is 415 g/mol. The molecule has 162 valence electrons. The zero-order chi connectivity index (χ0) is 21.3. The molecule has 9 heteroatoms. The second kappa shape index (κ2) is 8.49. The molecular formula is C21H29N5O4. The minimum atomic E-state index is -0.589. The summed E-state index contributed by atoms with van der Waals surface area (Å²) in [6.45, 7) is 2.81. The van der Waals surface area contributed by atoms with Gasteiger partial charge in [0.1, 0.15) is 11.8 Å². The summed E-state index contributed by atoms with van der Waals surface area (Å²) in [7, 11) is 1.52. The van der Waals surface area contributed by atoms with Gasteiger partial charge in [-0.3, -0.25) is 14.6 Å². The molecule has 3 aliphatic rings. The van der Waals surface area contributed by atoms with E-state index in [4.69, 9.17) is 4.74 Å². The lowest BCUT2D eigenvalue weighted by Crippen LogP contribution is -2.56. The van der Waals surface area contributed by atoms with E-state index in [1.165, 1.54) is 7.05 Å². The molecule has 1 aromatic rings. The van der Waals surface area contributed by atoms with Crippen molar-refractivity contribution in [2.75, 3.05) is 20.1 Å². The van der Waals surface area contributed by atoms with Crippen LogP contribution in [-0.2, 0) is 9.59 Å². The van der Waals surface area contributed by atoms with E-state index < -0.39 is 6.04 Å². The Hall–Kier alpha value is -2.84. The van der Waals surface area contributed by atoms with Crippen LogP contribution in [0.3, 0.4) is 0 Å². The summed E-state index contributed by atoms with van der Waals surface area (Å²) in [4.78, 5) is 45.1. The van der Waals surface area contributed by atoms with Crippen molar-refractivity contribution in [1.29, 1.82) is 0 Å². The molecule has 2 aliphatic heterocycles. The summed E-state index contributed by atoms with van der Waals surface area (Å²) in [6.07, 6.45) is 6.69. The van der Waals surface area contributed by atoms with Gasteiger partial charge in [-0.15, -0.1) is 0 Å². The molecule has 9 nitrogen and oxygen atoms in total. The van der Waals surface area contributed by atoms with Crippen LogP contribution in [0.15, 0.2) is 24.5 Å². The van der Waals surface area contributed by atoms with Gasteiger partial charge in [-0.25, -0.2) is 4.79 Å². The van der Waals surface area contributed by atoms with Crippen LogP contribution in [0.2, 0.25) is 0 Å². The van der Waals surface area contributed by atoms with Crippen molar-refractivity contribution >= 4 is 17.8 Å². The molecule has 30 heavy (non-hydrogen) atoms. The van der Waals surface area contributed by atoms with E-state index in [0.717, 1.165) is 31.4 Å². The molecule has 2 saturated heterocycles. The number of carbonyl (C=O) groups is 3. The van der Waals surface area contributed by atoms with Crippen LogP contribution in [0.4, 0.5) is 4.79 Å². The van der Waals surface area contributed by atoms with Crippen LogP contribution in [0.5, 0.6) is 5.75 Å². The first-order valence-electron chi connectivity index (χ1n) is 10.6. The number of hydrogen-bond donors (Lipinski definition) is 2. The molecule has 5 atom stereocenters. The van der Waals surface area contributed by atoms with Crippen molar-refractivity contribution < 1.29 is 19.1 Å². The first kappa shape index (κ1) is 20.4. The second-order valence-corrected chi connectivity index (χ2v) is 8.40. The second-order valence-electron chi connectivity index (χ2n) is 8.40. The first-order valence-corrected chi connectivity index (χ1v) is 10.6. The smallest absolute Gasteiger partial charge is 0.315 e. The Kier molecular flexibility index (Phi) is 5.78. The highest BCUT2D eigenvalue weighted by Gasteiger charge is 2.49. The Labute approximate surface area is 176 Å². The van der Waals surface area contributed by atoms with Gasteiger partial charge in [-0.2, -0.15) is 0 Å². The SMILES string of the molecule is CNC(=O)N[C@@H](C)C(=O)N1C[C@@H]2C[C@H]1CN2C(=O)[C@@H]1CC[C@@H](Oc2ccncc2)C1. The number of aromatic nitrogens is 1. The number of nitrogens with zero attached hydrogens (tertiary/aromatic N) is 3. The Morgan fingerprint density at radius 1 is 1.10 bits per heavy atom. The summed E-state index contributed by atoms with van der Waals surface area (Å²) in [5.41, 5.74) is 0. The minimum Gasteiger partial charge on any atom is -0.490 e. The van der Waals surface area contributed by atoms with Gasteiger partial charge in [0.25, 0.3) is 0 Å². The highest BCUT2D eigenvalue weighted by Crippen LogP contribution is 2.36. The van der Waals surface area contributed by atoms with E-state index in [9.17, 15) is 14.4 Å². The topological polar surface area (TPSA) is 104 Å². The maximum atomic E-state index is 13.1. The third-order valence-electron chi connectivity index (χ3n) is 6.44. The van der Waals surface area contributed by atoms with E-state index in [1.807, 2.05) is 21.9 Å². The maximum Gasteiger partial charge on any atom is 0.315 e. The average Bonchev–Trinajstić information content (AvgIpc) is 3.49. The highest BCUT2D eigenvalue weighted by atomic mass is 16.5. The summed E-state index contributed by atoms with van der Waals surface area (Å²) in [5, 5.41) is 5.09. The molecule has 1 aliphatic carbocycles. The quantitative estimate of drug-likeness (QED) is 0.739. The summed E-state index contributed by atoms with van der Waals surface area (Å²) in [6, 6.07) is 2.81. The lowest BCUT2D eigenvalue weighted by atomic mass is 10.1. The largest absolute Gasteiger partial charge is 0.490 e. The van der Waals surface area contributed by atoms with Crippen LogP contribution in [-0.4, -0.2) is 77.0 Å². The molecule has 0 spiro atoms. The Bertz CT molecular complexity index is 804. The lowest BCUT2D eigenvalue weighted by Gasteiger charge is -2.36. The predicted octanol–water partition coefficient (Wildman–Crippen LogP) is 0.758. The molecule has 4 amide bonds.